The van der Waals surface area contributed by atoms with Crippen molar-refractivity contribution in [3.63, 3.8) is 0 Å². The Kier molecular flexibility index (Phi) is 5.39. The van der Waals surface area contributed by atoms with Gasteiger partial charge in [-0.2, -0.15) is 0 Å². The molecule has 1 amide bonds. The average Bonchev–Trinajstić information content (AvgIpc) is 3.02. The lowest BCUT2D eigenvalue weighted by atomic mass is 9.69. The number of nitrogens with zero attached hydrogens (tertiary/aromatic N) is 3. The molecule has 3 aromatic rings. The zero-order valence-electron chi connectivity index (χ0n) is 18.4. The number of hydrogen-bond donors (Lipinski definition) is 3. The van der Waals surface area contributed by atoms with Gasteiger partial charge in [-0.15, -0.1) is 5.10 Å². The van der Waals surface area contributed by atoms with Gasteiger partial charge in [-0.3, -0.25) is 9.48 Å². The molecule has 4 rings (SSSR count). The highest BCUT2D eigenvalue weighted by Crippen LogP contribution is 2.41. The number of halogens is 2. The van der Waals surface area contributed by atoms with E-state index in [0.717, 1.165) is 25.3 Å². The summed E-state index contributed by atoms with van der Waals surface area (Å²) in [5.74, 6) is -1.51. The lowest BCUT2D eigenvalue weighted by Gasteiger charge is -2.46. The van der Waals surface area contributed by atoms with Crippen molar-refractivity contribution < 1.29 is 18.3 Å². The van der Waals surface area contributed by atoms with Gasteiger partial charge in [-0.25, -0.2) is 13.8 Å². The van der Waals surface area contributed by atoms with Crippen LogP contribution in [0.2, 0.25) is 0 Å². The number of methoxy groups -OCH3 is 1. The number of carbonyl (C=O) groups is 1. The molecule has 1 aliphatic rings. The van der Waals surface area contributed by atoms with E-state index in [1.165, 1.54) is 17.9 Å². The first-order chi connectivity index (χ1) is 15.1. The average molecular weight is 444 g/mol. The fraction of sp³-hybridized carbons (Fsp3) is 0.409. The number of benzene rings is 1. The molecular formula is C22H26F2N6O2. The third kappa shape index (κ3) is 3.59. The van der Waals surface area contributed by atoms with E-state index in [2.05, 4.69) is 34.6 Å². The van der Waals surface area contributed by atoms with Crippen LogP contribution in [0.4, 0.5) is 26.1 Å². The molecule has 0 bridgehead atoms. The molecule has 1 fully saturated rings. The Balaban J connectivity index is 1.76. The van der Waals surface area contributed by atoms with E-state index < -0.39 is 17.5 Å². The fourth-order valence-electron chi connectivity index (χ4n) is 4.19. The Bertz CT molecular complexity index is 1200. The highest BCUT2D eigenvalue weighted by molar-refractivity contribution is 5.99. The van der Waals surface area contributed by atoms with Crippen molar-refractivity contribution >= 4 is 34.1 Å². The van der Waals surface area contributed by atoms with Gasteiger partial charge < -0.3 is 21.1 Å². The number of nitrogens with two attached hydrogens (primary N) is 1. The summed E-state index contributed by atoms with van der Waals surface area (Å²) in [7, 11) is 3.05. The fourth-order valence-corrected chi connectivity index (χ4v) is 4.19. The third-order valence-electron chi connectivity index (χ3n) is 6.27. The van der Waals surface area contributed by atoms with E-state index in [9.17, 15) is 13.6 Å². The largest absolute Gasteiger partial charge is 0.479 e. The number of pyridine rings is 1. The third-order valence-corrected chi connectivity index (χ3v) is 6.27. The van der Waals surface area contributed by atoms with Crippen molar-refractivity contribution in [2.45, 2.75) is 38.6 Å². The summed E-state index contributed by atoms with van der Waals surface area (Å²) in [6, 6.07) is 3.91. The van der Waals surface area contributed by atoms with Gasteiger partial charge in [0.25, 0.3) is 5.91 Å². The van der Waals surface area contributed by atoms with Gasteiger partial charge in [0, 0.05) is 18.3 Å². The van der Waals surface area contributed by atoms with Gasteiger partial charge in [-0.1, -0.05) is 13.8 Å². The van der Waals surface area contributed by atoms with Crippen LogP contribution in [0.25, 0.3) is 10.9 Å². The predicted octanol–water partition coefficient (Wildman–Crippen LogP) is 4.09. The van der Waals surface area contributed by atoms with Gasteiger partial charge in [0.15, 0.2) is 17.5 Å². The van der Waals surface area contributed by atoms with E-state index >= 15 is 0 Å². The summed E-state index contributed by atoms with van der Waals surface area (Å²) < 4.78 is 36.2. The number of aromatic nitrogens is 3. The molecule has 0 radical (unpaired) electrons. The molecule has 2 aromatic heterocycles. The van der Waals surface area contributed by atoms with Gasteiger partial charge in [0.2, 0.25) is 5.88 Å². The van der Waals surface area contributed by atoms with Crippen LogP contribution in [0.3, 0.4) is 0 Å². The van der Waals surface area contributed by atoms with E-state index in [4.69, 9.17) is 10.5 Å². The van der Waals surface area contributed by atoms with Gasteiger partial charge >= 0.3 is 0 Å². The van der Waals surface area contributed by atoms with Crippen molar-refractivity contribution in [2.75, 3.05) is 17.7 Å². The number of fused-ring (bicyclic) bond motifs is 1. The molecule has 1 aromatic carbocycles. The predicted molar refractivity (Wildman–Crippen MR) is 118 cm³/mol. The SMILES string of the molecule is COc1nn(C)c2c(F)cc(Nc3nc(NC4(C(C)C)CCC4)c(F)cc3C(N)=O)cc12. The summed E-state index contributed by atoms with van der Waals surface area (Å²) in [5, 5.41) is 10.7. The molecule has 2 heterocycles. The summed E-state index contributed by atoms with van der Waals surface area (Å²) in [4.78, 5) is 16.3. The number of ether oxygens (including phenoxy) is 1. The lowest BCUT2D eigenvalue weighted by Crippen LogP contribution is -2.50. The van der Waals surface area contributed by atoms with Crippen molar-refractivity contribution in [3.8, 4) is 5.88 Å². The van der Waals surface area contributed by atoms with Crippen LogP contribution >= 0.6 is 0 Å². The van der Waals surface area contributed by atoms with Crippen LogP contribution in [0, 0.1) is 17.6 Å². The topological polar surface area (TPSA) is 107 Å². The molecule has 10 heteroatoms. The standard InChI is InChI=1S/C22H26F2N6O2/c1-11(2)22(6-5-7-22)28-20-16(24)10-14(18(25)31)19(27-20)26-12-8-13-17(15(23)9-12)30(3)29-21(13)32-4/h8-11H,5-7H2,1-4H3,(H2,25,31)(H2,26,27,28). The maximum Gasteiger partial charge on any atom is 0.252 e. The number of rotatable bonds is 7. The first-order valence-corrected chi connectivity index (χ1v) is 10.4. The molecule has 4 N–H and O–H groups in total. The second kappa shape index (κ2) is 7.92. The zero-order chi connectivity index (χ0) is 23.2. The number of carbonyl (C=O) groups excluding carboxylic acids is 1. The van der Waals surface area contributed by atoms with Crippen LogP contribution in [0.1, 0.15) is 43.5 Å². The Hall–Kier alpha value is -3.43. The molecule has 8 nitrogen and oxygen atoms in total. The number of aryl methyl sites for hydroxylation is 1. The van der Waals surface area contributed by atoms with E-state index in [1.807, 2.05) is 0 Å². The Morgan fingerprint density at radius 3 is 2.50 bits per heavy atom. The van der Waals surface area contributed by atoms with Crippen LogP contribution < -0.4 is 21.1 Å². The summed E-state index contributed by atoms with van der Waals surface area (Å²) in [5.41, 5.74) is 5.61. The molecule has 1 aliphatic carbocycles. The minimum atomic E-state index is -0.854. The number of hydrogen-bond acceptors (Lipinski definition) is 6. The highest BCUT2D eigenvalue weighted by atomic mass is 19.1. The van der Waals surface area contributed by atoms with Crippen LogP contribution in [-0.2, 0) is 7.05 Å². The summed E-state index contributed by atoms with van der Waals surface area (Å²) in [6.07, 6.45) is 2.84. The Morgan fingerprint density at radius 1 is 1.22 bits per heavy atom. The minimum absolute atomic E-state index is 0.0198. The minimum Gasteiger partial charge on any atom is -0.479 e. The smallest absolute Gasteiger partial charge is 0.252 e. The highest BCUT2D eigenvalue weighted by Gasteiger charge is 2.40. The van der Waals surface area contributed by atoms with Gasteiger partial charge in [0.05, 0.1) is 18.1 Å². The maximum atomic E-state index is 14.8. The van der Waals surface area contributed by atoms with E-state index in [0.29, 0.717) is 5.39 Å². The number of primary amides is 1. The molecule has 32 heavy (non-hydrogen) atoms. The molecule has 0 unspecified atom stereocenters. The van der Waals surface area contributed by atoms with Gasteiger partial charge in [-0.05, 0) is 43.4 Å². The monoisotopic (exact) mass is 444 g/mol. The van der Waals surface area contributed by atoms with Crippen LogP contribution in [0.15, 0.2) is 18.2 Å². The zero-order valence-corrected chi connectivity index (χ0v) is 18.4. The van der Waals surface area contributed by atoms with Gasteiger partial charge in [0.1, 0.15) is 11.3 Å². The summed E-state index contributed by atoms with van der Waals surface area (Å²) >= 11 is 0. The van der Waals surface area contributed by atoms with E-state index in [-0.39, 0.29) is 45.7 Å². The lowest BCUT2D eigenvalue weighted by molar-refractivity contribution is 0.100. The molecule has 170 valence electrons. The van der Waals surface area contributed by atoms with Crippen molar-refractivity contribution in [1.82, 2.24) is 14.8 Å². The number of amides is 1. The number of nitrogens with one attached hydrogen (secondary N) is 2. The molecule has 0 saturated heterocycles. The first-order valence-electron chi connectivity index (χ1n) is 10.4. The van der Waals surface area contributed by atoms with Crippen LogP contribution in [0.5, 0.6) is 5.88 Å². The normalized spacial score (nSPS) is 15.0. The second-order valence-corrected chi connectivity index (χ2v) is 8.48. The molecule has 1 saturated carbocycles. The maximum absolute atomic E-state index is 14.8. The Morgan fingerprint density at radius 2 is 1.94 bits per heavy atom. The summed E-state index contributed by atoms with van der Waals surface area (Å²) in [6.45, 7) is 4.14. The Labute approximate surface area is 184 Å². The second-order valence-electron chi connectivity index (χ2n) is 8.48. The number of anilines is 3. The van der Waals surface area contributed by atoms with Crippen molar-refractivity contribution in [3.05, 3.63) is 35.4 Å². The molecule has 0 aliphatic heterocycles. The van der Waals surface area contributed by atoms with Crippen LogP contribution in [-0.4, -0.2) is 33.3 Å². The quantitative estimate of drug-likeness (QED) is 0.507. The first kappa shape index (κ1) is 21.8. The molecule has 0 spiro atoms. The molecular weight excluding hydrogens is 418 g/mol. The molecule has 0 atom stereocenters. The van der Waals surface area contributed by atoms with E-state index in [1.54, 1.807) is 13.1 Å². The van der Waals surface area contributed by atoms with Crippen molar-refractivity contribution in [2.24, 2.45) is 18.7 Å². The van der Waals surface area contributed by atoms with Crippen molar-refractivity contribution in [1.29, 1.82) is 0 Å².